The van der Waals surface area contributed by atoms with Gasteiger partial charge in [-0.3, -0.25) is 4.98 Å². The zero-order chi connectivity index (χ0) is 19.3. The summed E-state index contributed by atoms with van der Waals surface area (Å²) in [5, 5.41) is 7.23. The molecule has 4 aromatic rings. The lowest BCUT2D eigenvalue weighted by atomic mass is 10.1. The van der Waals surface area contributed by atoms with Crippen molar-refractivity contribution in [2.75, 3.05) is 0 Å². The van der Waals surface area contributed by atoms with Crippen LogP contribution in [0.4, 0.5) is 4.79 Å². The van der Waals surface area contributed by atoms with Gasteiger partial charge in [0.15, 0.2) is 5.65 Å². The number of benzene rings is 1. The van der Waals surface area contributed by atoms with Crippen molar-refractivity contribution >= 4 is 11.7 Å². The highest BCUT2D eigenvalue weighted by atomic mass is 16.5. The average molecular weight is 373 g/mol. The second-order valence-electron chi connectivity index (χ2n) is 6.28. The number of ether oxygens (including phenoxy) is 1. The molecule has 4 rings (SSSR count). The molecule has 0 aliphatic heterocycles. The number of carbonyl (C=O) groups is 1. The fourth-order valence-corrected chi connectivity index (χ4v) is 2.96. The molecule has 140 valence electrons. The molecule has 7 heteroatoms. The summed E-state index contributed by atoms with van der Waals surface area (Å²) in [5.41, 5.74) is 3.76. The van der Waals surface area contributed by atoms with E-state index in [0.29, 0.717) is 11.3 Å². The van der Waals surface area contributed by atoms with Gasteiger partial charge in [0, 0.05) is 12.4 Å². The first-order valence-electron chi connectivity index (χ1n) is 8.94. The topological polar surface area (TPSA) is 81.4 Å². The Labute approximate surface area is 162 Å². The van der Waals surface area contributed by atoms with Crippen LogP contribution in [0.25, 0.3) is 17.0 Å². The van der Waals surface area contributed by atoms with Crippen LogP contribution in [0, 0.1) is 0 Å². The summed E-state index contributed by atoms with van der Waals surface area (Å²) >= 11 is 0. The molecule has 28 heavy (non-hydrogen) atoms. The predicted molar refractivity (Wildman–Crippen MR) is 104 cm³/mol. The third kappa shape index (κ3) is 3.68. The Hall–Kier alpha value is -3.74. The molecule has 0 saturated carbocycles. The number of fused-ring (bicyclic) bond motifs is 1. The molecule has 1 aromatic carbocycles. The van der Waals surface area contributed by atoms with Gasteiger partial charge in [0.1, 0.15) is 12.3 Å². The molecule has 3 heterocycles. The van der Waals surface area contributed by atoms with E-state index in [9.17, 15) is 4.79 Å². The summed E-state index contributed by atoms with van der Waals surface area (Å²) in [4.78, 5) is 21.3. The third-order valence-electron chi connectivity index (χ3n) is 4.28. The van der Waals surface area contributed by atoms with Gasteiger partial charge in [-0.05, 0) is 36.8 Å². The molecule has 0 fully saturated rings. The minimum absolute atomic E-state index is 0.208. The Morgan fingerprint density at radius 3 is 2.68 bits per heavy atom. The van der Waals surface area contributed by atoms with Gasteiger partial charge in [-0.1, -0.05) is 36.4 Å². The minimum Gasteiger partial charge on any atom is -0.445 e. The van der Waals surface area contributed by atoms with Gasteiger partial charge in [0.2, 0.25) is 0 Å². The van der Waals surface area contributed by atoms with Crippen LogP contribution in [0.2, 0.25) is 0 Å². The largest absolute Gasteiger partial charge is 0.445 e. The lowest BCUT2D eigenvalue weighted by Gasteiger charge is -2.14. The number of rotatable bonds is 5. The molecule has 7 nitrogen and oxygen atoms in total. The molecular weight excluding hydrogens is 354 g/mol. The van der Waals surface area contributed by atoms with Crippen LogP contribution in [0.15, 0.2) is 73.1 Å². The maximum absolute atomic E-state index is 12.3. The van der Waals surface area contributed by atoms with E-state index in [1.54, 1.807) is 16.9 Å². The number of hydrogen-bond acceptors (Lipinski definition) is 5. The normalized spacial score (nSPS) is 11.9. The zero-order valence-corrected chi connectivity index (χ0v) is 15.3. The summed E-state index contributed by atoms with van der Waals surface area (Å²) in [6, 6.07) is 18.5. The van der Waals surface area contributed by atoms with Crippen LogP contribution in [-0.4, -0.2) is 25.7 Å². The Balaban J connectivity index is 1.57. The highest BCUT2D eigenvalue weighted by Gasteiger charge is 2.22. The molecule has 1 amide bonds. The summed E-state index contributed by atoms with van der Waals surface area (Å²) < 4.78 is 7.05. The Morgan fingerprint density at radius 1 is 1.07 bits per heavy atom. The van der Waals surface area contributed by atoms with Crippen LogP contribution in [0.5, 0.6) is 0 Å². The van der Waals surface area contributed by atoms with E-state index in [1.807, 2.05) is 67.6 Å². The van der Waals surface area contributed by atoms with Crippen molar-refractivity contribution in [1.82, 2.24) is 24.9 Å². The van der Waals surface area contributed by atoms with Crippen molar-refractivity contribution in [3.05, 3.63) is 84.3 Å². The standard InChI is InChI=1S/C21H19N5O2/c1-15(24-21(27)28-14-16-8-3-2-4-9-16)19-20(17-10-5-6-12-22-17)26-18(25-19)11-7-13-23-26/h2-13,15H,14H2,1H3,(H,24,27)/t15-/m0/s1. The highest BCUT2D eigenvalue weighted by molar-refractivity contribution is 5.70. The highest BCUT2D eigenvalue weighted by Crippen LogP contribution is 2.27. The van der Waals surface area contributed by atoms with Crippen molar-refractivity contribution < 1.29 is 9.53 Å². The first-order chi connectivity index (χ1) is 13.7. The average Bonchev–Trinajstić information content (AvgIpc) is 3.13. The monoisotopic (exact) mass is 373 g/mol. The molecule has 1 atom stereocenters. The smallest absolute Gasteiger partial charge is 0.407 e. The van der Waals surface area contributed by atoms with Crippen molar-refractivity contribution in [2.45, 2.75) is 19.6 Å². The Morgan fingerprint density at radius 2 is 1.89 bits per heavy atom. The molecule has 1 N–H and O–H groups in total. The molecular formula is C21H19N5O2. The van der Waals surface area contributed by atoms with Crippen LogP contribution >= 0.6 is 0 Å². The maximum atomic E-state index is 12.3. The summed E-state index contributed by atoms with van der Waals surface area (Å²) in [7, 11) is 0. The lowest BCUT2D eigenvalue weighted by molar-refractivity contribution is 0.136. The number of hydrogen-bond donors (Lipinski definition) is 1. The van der Waals surface area contributed by atoms with Gasteiger partial charge in [0.05, 0.1) is 17.4 Å². The van der Waals surface area contributed by atoms with Crippen LogP contribution in [0.1, 0.15) is 24.2 Å². The molecule has 0 radical (unpaired) electrons. The quantitative estimate of drug-likeness (QED) is 0.576. The van der Waals surface area contributed by atoms with Gasteiger partial charge in [-0.25, -0.2) is 14.3 Å². The molecule has 0 bridgehead atoms. The first kappa shape index (κ1) is 17.7. The van der Waals surface area contributed by atoms with Crippen LogP contribution < -0.4 is 5.32 Å². The molecule has 0 unspecified atom stereocenters. The summed E-state index contributed by atoms with van der Waals surface area (Å²) in [6.45, 7) is 2.07. The van der Waals surface area contributed by atoms with Crippen LogP contribution in [-0.2, 0) is 11.3 Å². The predicted octanol–water partition coefficient (Wildman–Crippen LogP) is 3.78. The van der Waals surface area contributed by atoms with Gasteiger partial charge in [-0.15, -0.1) is 0 Å². The lowest BCUT2D eigenvalue weighted by Crippen LogP contribution is -2.28. The van der Waals surface area contributed by atoms with Gasteiger partial charge in [0.25, 0.3) is 0 Å². The van der Waals surface area contributed by atoms with E-state index in [2.05, 4.69) is 20.4 Å². The van der Waals surface area contributed by atoms with E-state index in [0.717, 1.165) is 17.0 Å². The molecule has 0 spiro atoms. The molecule has 3 aromatic heterocycles. The van der Waals surface area contributed by atoms with E-state index in [-0.39, 0.29) is 12.6 Å². The van der Waals surface area contributed by atoms with Crippen molar-refractivity contribution in [1.29, 1.82) is 0 Å². The van der Waals surface area contributed by atoms with Gasteiger partial charge < -0.3 is 10.1 Å². The van der Waals surface area contributed by atoms with E-state index >= 15 is 0 Å². The van der Waals surface area contributed by atoms with Crippen molar-refractivity contribution in [3.63, 3.8) is 0 Å². The molecule has 0 saturated heterocycles. The Kier molecular flexibility index (Phi) is 4.97. The number of aromatic nitrogens is 4. The van der Waals surface area contributed by atoms with E-state index in [4.69, 9.17) is 4.74 Å². The van der Waals surface area contributed by atoms with Crippen molar-refractivity contribution in [3.8, 4) is 11.4 Å². The van der Waals surface area contributed by atoms with E-state index < -0.39 is 6.09 Å². The second-order valence-corrected chi connectivity index (χ2v) is 6.28. The zero-order valence-electron chi connectivity index (χ0n) is 15.3. The summed E-state index contributed by atoms with van der Waals surface area (Å²) in [6.07, 6.45) is 2.90. The third-order valence-corrected chi connectivity index (χ3v) is 4.28. The molecule has 0 aliphatic rings. The number of pyridine rings is 1. The van der Waals surface area contributed by atoms with Crippen LogP contribution in [0.3, 0.4) is 0 Å². The fourth-order valence-electron chi connectivity index (χ4n) is 2.96. The number of amides is 1. The van der Waals surface area contributed by atoms with Gasteiger partial charge >= 0.3 is 6.09 Å². The number of nitrogens with one attached hydrogen (secondary N) is 1. The molecule has 0 aliphatic carbocycles. The number of nitrogens with zero attached hydrogens (tertiary/aromatic N) is 4. The van der Waals surface area contributed by atoms with Gasteiger partial charge in [-0.2, -0.15) is 5.10 Å². The SMILES string of the molecule is C[C@H](NC(=O)OCc1ccccc1)c1nc2cccnn2c1-c1ccccn1. The first-order valence-corrected chi connectivity index (χ1v) is 8.94. The van der Waals surface area contributed by atoms with Crippen molar-refractivity contribution in [2.24, 2.45) is 0 Å². The number of imidazole rings is 1. The number of alkyl carbamates (subject to hydrolysis) is 1. The Bertz CT molecular complexity index is 1080. The summed E-state index contributed by atoms with van der Waals surface area (Å²) in [5.74, 6) is 0. The number of carbonyl (C=O) groups excluding carboxylic acids is 1. The van der Waals surface area contributed by atoms with E-state index in [1.165, 1.54) is 0 Å². The maximum Gasteiger partial charge on any atom is 0.407 e. The second kappa shape index (κ2) is 7.87. The fraction of sp³-hybridized carbons (Fsp3) is 0.143. The minimum atomic E-state index is -0.506.